The third kappa shape index (κ3) is 1.87. The van der Waals surface area contributed by atoms with Crippen LogP contribution in [0.3, 0.4) is 0 Å². The topological polar surface area (TPSA) is 44.8 Å². The Morgan fingerprint density at radius 3 is 2.53 bits per heavy atom. The molecule has 17 heavy (non-hydrogen) atoms. The van der Waals surface area contributed by atoms with Gasteiger partial charge in [0.05, 0.1) is 32.5 Å². The highest BCUT2D eigenvalue weighted by Gasteiger charge is 2.48. The third-order valence-corrected chi connectivity index (χ3v) is 3.27. The van der Waals surface area contributed by atoms with Crippen molar-refractivity contribution in [1.29, 1.82) is 0 Å². The summed E-state index contributed by atoms with van der Waals surface area (Å²) in [6.45, 7) is 0.644. The van der Waals surface area contributed by atoms with Crippen LogP contribution in [-0.4, -0.2) is 33.4 Å². The van der Waals surface area contributed by atoms with Crippen molar-refractivity contribution in [2.45, 2.75) is 5.41 Å². The number of hydrogen-bond donors (Lipinski definition) is 0. The number of carbonyl (C=O) groups excluding carboxylic acids is 1. The van der Waals surface area contributed by atoms with Gasteiger partial charge in [-0.05, 0) is 17.7 Å². The summed E-state index contributed by atoms with van der Waals surface area (Å²) in [7, 11) is 2.91. The number of hydrogen-bond acceptors (Lipinski definition) is 4. The molecule has 0 radical (unpaired) electrons. The second-order valence-corrected chi connectivity index (χ2v) is 4.32. The van der Waals surface area contributed by atoms with Crippen molar-refractivity contribution in [1.82, 2.24) is 0 Å². The van der Waals surface area contributed by atoms with Gasteiger partial charge in [-0.3, -0.25) is 4.79 Å². The maximum atomic E-state index is 11.8. The van der Waals surface area contributed by atoms with Crippen molar-refractivity contribution in [3.05, 3.63) is 28.8 Å². The number of benzene rings is 1. The Morgan fingerprint density at radius 2 is 2.12 bits per heavy atom. The van der Waals surface area contributed by atoms with Gasteiger partial charge in [0, 0.05) is 0 Å². The van der Waals surface area contributed by atoms with Crippen LogP contribution in [0.25, 0.3) is 0 Å². The molecule has 0 aromatic heterocycles. The zero-order valence-electron chi connectivity index (χ0n) is 9.66. The minimum Gasteiger partial charge on any atom is -0.495 e. The van der Waals surface area contributed by atoms with Gasteiger partial charge in [0.15, 0.2) is 0 Å². The molecular formula is C12H13ClO4. The summed E-state index contributed by atoms with van der Waals surface area (Å²) in [4.78, 5) is 11.8. The van der Waals surface area contributed by atoms with Crippen molar-refractivity contribution in [3.8, 4) is 5.75 Å². The molecule has 1 aromatic rings. The van der Waals surface area contributed by atoms with Crippen LogP contribution in [0.2, 0.25) is 5.02 Å². The molecule has 1 aliphatic rings. The van der Waals surface area contributed by atoms with E-state index in [1.807, 2.05) is 6.07 Å². The lowest BCUT2D eigenvalue weighted by Gasteiger charge is -2.39. The zero-order valence-corrected chi connectivity index (χ0v) is 10.4. The van der Waals surface area contributed by atoms with Gasteiger partial charge in [0.1, 0.15) is 11.2 Å². The molecule has 4 nitrogen and oxygen atoms in total. The van der Waals surface area contributed by atoms with Crippen LogP contribution >= 0.6 is 11.6 Å². The second-order valence-electron chi connectivity index (χ2n) is 3.92. The number of halogens is 1. The fraction of sp³-hybridized carbons (Fsp3) is 0.417. The van der Waals surface area contributed by atoms with E-state index in [9.17, 15) is 4.79 Å². The molecule has 1 aliphatic heterocycles. The average Bonchev–Trinajstić information content (AvgIpc) is 2.27. The van der Waals surface area contributed by atoms with E-state index in [2.05, 4.69) is 0 Å². The molecule has 1 aromatic carbocycles. The van der Waals surface area contributed by atoms with Crippen LogP contribution in [0.15, 0.2) is 18.2 Å². The first-order valence-corrected chi connectivity index (χ1v) is 5.52. The number of carbonyl (C=O) groups is 1. The summed E-state index contributed by atoms with van der Waals surface area (Å²) in [5, 5.41) is 0.472. The minimum absolute atomic E-state index is 0.301. The fourth-order valence-electron chi connectivity index (χ4n) is 1.87. The lowest BCUT2D eigenvalue weighted by atomic mass is 9.78. The van der Waals surface area contributed by atoms with Crippen molar-refractivity contribution in [2.75, 3.05) is 27.4 Å². The molecule has 5 heteroatoms. The normalized spacial score (nSPS) is 17.1. The number of ether oxygens (including phenoxy) is 3. The maximum Gasteiger partial charge on any atom is 0.321 e. The highest BCUT2D eigenvalue weighted by Crippen LogP contribution is 2.37. The van der Waals surface area contributed by atoms with Crippen LogP contribution in [0.4, 0.5) is 0 Å². The first-order chi connectivity index (χ1) is 8.14. The van der Waals surface area contributed by atoms with E-state index in [0.717, 1.165) is 5.56 Å². The highest BCUT2D eigenvalue weighted by molar-refractivity contribution is 6.32. The summed E-state index contributed by atoms with van der Waals surface area (Å²) in [5.74, 6) is 0.278. The van der Waals surface area contributed by atoms with Crippen LogP contribution in [-0.2, 0) is 19.7 Å². The van der Waals surface area contributed by atoms with Crippen LogP contribution < -0.4 is 4.74 Å². The van der Waals surface area contributed by atoms with Gasteiger partial charge in [0.25, 0.3) is 0 Å². The number of methoxy groups -OCH3 is 2. The number of rotatable bonds is 3. The Balaban J connectivity index is 2.38. The molecule has 0 atom stereocenters. The second kappa shape index (κ2) is 4.55. The Bertz CT molecular complexity index is 440. The van der Waals surface area contributed by atoms with Gasteiger partial charge in [-0.1, -0.05) is 17.7 Å². The van der Waals surface area contributed by atoms with E-state index in [4.69, 9.17) is 25.8 Å². The van der Waals surface area contributed by atoms with Gasteiger partial charge in [-0.15, -0.1) is 0 Å². The summed E-state index contributed by atoms with van der Waals surface area (Å²) in [6.07, 6.45) is 0. The molecule has 1 heterocycles. The molecule has 0 N–H and O–H groups in total. The monoisotopic (exact) mass is 256 g/mol. The van der Waals surface area contributed by atoms with E-state index in [0.29, 0.717) is 24.0 Å². The van der Waals surface area contributed by atoms with Gasteiger partial charge >= 0.3 is 5.97 Å². The van der Waals surface area contributed by atoms with Crippen molar-refractivity contribution >= 4 is 17.6 Å². The molecule has 0 spiro atoms. The predicted octanol–water partition coefficient (Wildman–Crippen LogP) is 1.79. The molecule has 92 valence electrons. The Morgan fingerprint density at radius 1 is 1.41 bits per heavy atom. The van der Waals surface area contributed by atoms with E-state index < -0.39 is 5.41 Å². The molecule has 0 aliphatic carbocycles. The standard InChI is InChI=1S/C12H13ClO4/c1-15-10-4-3-8(5-9(10)13)12(6-17-7-12)11(14)16-2/h3-5H,6-7H2,1-2H3. The van der Waals surface area contributed by atoms with Gasteiger partial charge in [-0.25, -0.2) is 0 Å². The summed E-state index contributed by atoms with van der Waals surface area (Å²) >= 11 is 6.05. The number of esters is 1. The SMILES string of the molecule is COC(=O)C1(c2ccc(OC)c(Cl)c2)COC1. The van der Waals surface area contributed by atoms with Gasteiger partial charge in [-0.2, -0.15) is 0 Å². The Hall–Kier alpha value is -1.26. The summed E-state index contributed by atoms with van der Waals surface area (Å²) in [5.41, 5.74) is 0.0754. The van der Waals surface area contributed by atoms with Gasteiger partial charge in [0.2, 0.25) is 0 Å². The van der Waals surface area contributed by atoms with E-state index in [-0.39, 0.29) is 5.97 Å². The van der Waals surface area contributed by atoms with Crippen molar-refractivity contribution < 1.29 is 19.0 Å². The molecule has 0 saturated carbocycles. The largest absolute Gasteiger partial charge is 0.495 e. The van der Waals surface area contributed by atoms with E-state index in [1.54, 1.807) is 19.2 Å². The smallest absolute Gasteiger partial charge is 0.321 e. The average molecular weight is 257 g/mol. The van der Waals surface area contributed by atoms with E-state index in [1.165, 1.54) is 7.11 Å². The van der Waals surface area contributed by atoms with Crippen molar-refractivity contribution in [3.63, 3.8) is 0 Å². The highest BCUT2D eigenvalue weighted by atomic mass is 35.5. The lowest BCUT2D eigenvalue weighted by Crippen LogP contribution is -2.53. The molecule has 0 unspecified atom stereocenters. The molecule has 0 amide bonds. The molecule has 2 rings (SSSR count). The first-order valence-electron chi connectivity index (χ1n) is 5.14. The molecule has 1 fully saturated rings. The maximum absolute atomic E-state index is 11.8. The molecule has 0 bridgehead atoms. The summed E-state index contributed by atoms with van der Waals surface area (Å²) < 4.78 is 15.0. The molecule has 1 saturated heterocycles. The zero-order chi connectivity index (χ0) is 12.5. The quantitative estimate of drug-likeness (QED) is 0.774. The van der Waals surface area contributed by atoms with Crippen LogP contribution in [0, 0.1) is 0 Å². The summed E-state index contributed by atoms with van der Waals surface area (Å²) in [6, 6.07) is 5.27. The fourth-order valence-corrected chi connectivity index (χ4v) is 2.13. The minimum atomic E-state index is -0.718. The first kappa shape index (κ1) is 12.2. The Kier molecular flexibility index (Phi) is 3.26. The van der Waals surface area contributed by atoms with Crippen LogP contribution in [0.5, 0.6) is 5.75 Å². The third-order valence-electron chi connectivity index (χ3n) is 2.98. The molecular weight excluding hydrogens is 244 g/mol. The van der Waals surface area contributed by atoms with Gasteiger partial charge < -0.3 is 14.2 Å². The van der Waals surface area contributed by atoms with Crippen molar-refractivity contribution in [2.24, 2.45) is 0 Å². The predicted molar refractivity (Wildman–Crippen MR) is 62.5 cm³/mol. The van der Waals surface area contributed by atoms with Crippen LogP contribution in [0.1, 0.15) is 5.56 Å². The lowest BCUT2D eigenvalue weighted by molar-refractivity contribution is -0.166. The van der Waals surface area contributed by atoms with E-state index >= 15 is 0 Å². The Labute approximate surface area is 104 Å².